The molecule has 0 atom stereocenters. The molecule has 23 heavy (non-hydrogen) atoms. The number of hydrogen-bond acceptors (Lipinski definition) is 4. The third kappa shape index (κ3) is 2.77. The zero-order valence-corrected chi connectivity index (χ0v) is 13.9. The lowest BCUT2D eigenvalue weighted by molar-refractivity contribution is 0.392. The number of phenolic OH excluding ortho intramolecular Hbond substituents is 1. The van der Waals surface area contributed by atoms with E-state index in [2.05, 4.69) is 18.8 Å². The van der Waals surface area contributed by atoms with Crippen molar-refractivity contribution in [3.63, 3.8) is 0 Å². The van der Waals surface area contributed by atoms with Crippen molar-refractivity contribution in [2.24, 2.45) is 4.99 Å². The van der Waals surface area contributed by atoms with Gasteiger partial charge in [0.2, 0.25) is 0 Å². The Morgan fingerprint density at radius 3 is 2.30 bits per heavy atom. The van der Waals surface area contributed by atoms with Gasteiger partial charge in [0.05, 0.1) is 19.8 Å². The fourth-order valence-electron chi connectivity index (χ4n) is 3.02. The molecule has 0 saturated heterocycles. The van der Waals surface area contributed by atoms with Gasteiger partial charge in [0.1, 0.15) is 17.2 Å². The highest BCUT2D eigenvalue weighted by Gasteiger charge is 2.29. The van der Waals surface area contributed by atoms with Crippen molar-refractivity contribution >= 4 is 6.21 Å². The molecule has 1 aliphatic heterocycles. The average Bonchev–Trinajstić information content (AvgIpc) is 2.53. The zero-order chi connectivity index (χ0) is 16.6. The Bertz CT molecular complexity index is 761. The number of hydrogen-bond donors (Lipinski definition) is 1. The molecular weight excluding hydrogens is 290 g/mol. The highest BCUT2D eigenvalue weighted by molar-refractivity contribution is 5.93. The third-order valence-corrected chi connectivity index (χ3v) is 4.15. The summed E-state index contributed by atoms with van der Waals surface area (Å²) in [7, 11) is 3.32. The average molecular weight is 311 g/mol. The summed E-state index contributed by atoms with van der Waals surface area (Å²) in [6, 6.07) is 9.07. The lowest BCUT2D eigenvalue weighted by Gasteiger charge is -2.29. The fourth-order valence-corrected chi connectivity index (χ4v) is 3.02. The number of aromatic hydroxyl groups is 1. The van der Waals surface area contributed by atoms with E-state index in [1.165, 1.54) is 0 Å². The van der Waals surface area contributed by atoms with Crippen molar-refractivity contribution < 1.29 is 14.6 Å². The van der Waals surface area contributed by atoms with E-state index in [9.17, 15) is 5.11 Å². The normalized spacial score (nSPS) is 15.1. The summed E-state index contributed by atoms with van der Waals surface area (Å²) in [4.78, 5) is 4.63. The largest absolute Gasteiger partial charge is 0.508 e. The molecule has 0 amide bonds. The predicted octanol–water partition coefficient (Wildman–Crippen LogP) is 3.83. The van der Waals surface area contributed by atoms with E-state index in [-0.39, 0.29) is 11.3 Å². The zero-order valence-electron chi connectivity index (χ0n) is 13.9. The summed E-state index contributed by atoms with van der Waals surface area (Å²) in [5, 5.41) is 9.56. The van der Waals surface area contributed by atoms with Crippen LogP contribution in [0.3, 0.4) is 0 Å². The summed E-state index contributed by atoms with van der Waals surface area (Å²) < 4.78 is 11.1. The van der Waals surface area contributed by atoms with Crippen LogP contribution in [-0.2, 0) is 6.42 Å². The van der Waals surface area contributed by atoms with E-state index in [1.807, 2.05) is 24.4 Å². The second-order valence-corrected chi connectivity index (χ2v) is 6.34. The van der Waals surface area contributed by atoms with Crippen LogP contribution in [0.5, 0.6) is 17.2 Å². The number of nitrogens with zero attached hydrogens (tertiary/aromatic N) is 1. The van der Waals surface area contributed by atoms with Crippen LogP contribution in [0.15, 0.2) is 35.3 Å². The van der Waals surface area contributed by atoms with Crippen LogP contribution in [0, 0.1) is 0 Å². The van der Waals surface area contributed by atoms with Gasteiger partial charge in [0.15, 0.2) is 0 Å². The molecule has 3 rings (SSSR count). The van der Waals surface area contributed by atoms with Crippen molar-refractivity contribution in [2.75, 3.05) is 14.2 Å². The van der Waals surface area contributed by atoms with E-state index >= 15 is 0 Å². The summed E-state index contributed by atoms with van der Waals surface area (Å²) in [5.74, 6) is 1.77. The summed E-state index contributed by atoms with van der Waals surface area (Å²) in [6.07, 6.45) is 2.68. The van der Waals surface area contributed by atoms with Gasteiger partial charge in [-0.05, 0) is 43.5 Å². The van der Waals surface area contributed by atoms with Crippen LogP contribution in [0.25, 0.3) is 11.1 Å². The molecule has 120 valence electrons. The number of phenols is 1. The first kappa shape index (κ1) is 15.4. The molecule has 0 bridgehead atoms. The summed E-state index contributed by atoms with van der Waals surface area (Å²) in [6.45, 7) is 4.22. The molecule has 0 aliphatic carbocycles. The molecule has 0 unspecified atom stereocenters. The van der Waals surface area contributed by atoms with Gasteiger partial charge in [-0.2, -0.15) is 0 Å². The first-order valence-electron chi connectivity index (χ1n) is 7.57. The molecule has 1 N–H and O–H groups in total. The van der Waals surface area contributed by atoms with Gasteiger partial charge in [-0.25, -0.2) is 0 Å². The molecule has 4 heteroatoms. The number of methoxy groups -OCH3 is 2. The van der Waals surface area contributed by atoms with E-state index in [0.717, 1.165) is 40.2 Å². The molecule has 2 aromatic carbocycles. The molecule has 0 saturated carbocycles. The third-order valence-electron chi connectivity index (χ3n) is 4.15. The molecule has 1 aliphatic rings. The van der Waals surface area contributed by atoms with Gasteiger partial charge in [-0.3, -0.25) is 4.99 Å². The van der Waals surface area contributed by atoms with Gasteiger partial charge < -0.3 is 14.6 Å². The molecule has 0 spiro atoms. The minimum atomic E-state index is -0.171. The van der Waals surface area contributed by atoms with Gasteiger partial charge >= 0.3 is 0 Å². The molecule has 1 heterocycles. The van der Waals surface area contributed by atoms with Gasteiger partial charge in [0, 0.05) is 23.4 Å². The monoisotopic (exact) mass is 311 g/mol. The summed E-state index contributed by atoms with van der Waals surface area (Å²) in [5.41, 5.74) is 4.02. The van der Waals surface area contributed by atoms with Crippen molar-refractivity contribution in [3.05, 3.63) is 41.5 Å². The fraction of sp³-hybridized carbons (Fsp3) is 0.316. The first-order valence-corrected chi connectivity index (χ1v) is 7.57. The van der Waals surface area contributed by atoms with Crippen LogP contribution in [0.1, 0.15) is 25.0 Å². The minimum Gasteiger partial charge on any atom is -0.508 e. The van der Waals surface area contributed by atoms with E-state index in [0.29, 0.717) is 0 Å². The SMILES string of the molecule is COc1cc(OC)c(-c2ccc(O)cc2)c2c1C=NC(C)(C)C2. The topological polar surface area (TPSA) is 51.0 Å². The van der Waals surface area contributed by atoms with E-state index in [1.54, 1.807) is 26.4 Å². The number of aliphatic imine (C=N–C) groups is 1. The highest BCUT2D eigenvalue weighted by atomic mass is 16.5. The Labute approximate surface area is 136 Å². The Kier molecular flexibility index (Phi) is 3.76. The molecule has 2 aromatic rings. The van der Waals surface area contributed by atoms with E-state index in [4.69, 9.17) is 9.47 Å². The minimum absolute atomic E-state index is 0.171. The molecule has 4 nitrogen and oxygen atoms in total. The molecular formula is C19H21NO3. The predicted molar refractivity (Wildman–Crippen MR) is 92.0 cm³/mol. The number of rotatable bonds is 3. The van der Waals surface area contributed by atoms with E-state index < -0.39 is 0 Å². The van der Waals surface area contributed by atoms with Crippen LogP contribution in [0.2, 0.25) is 0 Å². The number of benzene rings is 2. The van der Waals surface area contributed by atoms with Crippen molar-refractivity contribution in [1.82, 2.24) is 0 Å². The second-order valence-electron chi connectivity index (χ2n) is 6.34. The van der Waals surface area contributed by atoms with Crippen molar-refractivity contribution in [3.8, 4) is 28.4 Å². The molecule has 0 aromatic heterocycles. The first-order chi connectivity index (χ1) is 10.9. The summed E-state index contributed by atoms with van der Waals surface area (Å²) >= 11 is 0. The van der Waals surface area contributed by atoms with Crippen LogP contribution in [-0.4, -0.2) is 31.1 Å². The Hall–Kier alpha value is -2.49. The Morgan fingerprint density at radius 2 is 1.70 bits per heavy atom. The highest BCUT2D eigenvalue weighted by Crippen LogP contribution is 2.43. The smallest absolute Gasteiger partial charge is 0.131 e. The van der Waals surface area contributed by atoms with Gasteiger partial charge in [-0.1, -0.05) is 12.1 Å². The van der Waals surface area contributed by atoms with Crippen LogP contribution in [0.4, 0.5) is 0 Å². The van der Waals surface area contributed by atoms with Crippen LogP contribution >= 0.6 is 0 Å². The van der Waals surface area contributed by atoms with Crippen LogP contribution < -0.4 is 9.47 Å². The standard InChI is InChI=1S/C19H21NO3/c1-19(2)10-14-15(11-20-19)16(22-3)9-17(23-4)18(14)12-5-7-13(21)8-6-12/h5-9,11,21H,10H2,1-4H3. The maximum atomic E-state index is 9.56. The Balaban J connectivity index is 2.30. The van der Waals surface area contributed by atoms with Gasteiger partial charge in [-0.15, -0.1) is 0 Å². The molecule has 0 radical (unpaired) electrons. The number of fused-ring (bicyclic) bond motifs is 1. The second kappa shape index (κ2) is 5.61. The quantitative estimate of drug-likeness (QED) is 0.937. The lowest BCUT2D eigenvalue weighted by Crippen LogP contribution is -2.26. The maximum Gasteiger partial charge on any atom is 0.131 e. The molecule has 0 fully saturated rings. The van der Waals surface area contributed by atoms with Gasteiger partial charge in [0.25, 0.3) is 0 Å². The maximum absolute atomic E-state index is 9.56. The Morgan fingerprint density at radius 1 is 1.04 bits per heavy atom. The lowest BCUT2D eigenvalue weighted by atomic mass is 9.84. The van der Waals surface area contributed by atoms with Crippen molar-refractivity contribution in [1.29, 1.82) is 0 Å². The number of ether oxygens (including phenoxy) is 2. The van der Waals surface area contributed by atoms with Crippen molar-refractivity contribution in [2.45, 2.75) is 25.8 Å².